The minimum atomic E-state index is -1.02. The summed E-state index contributed by atoms with van der Waals surface area (Å²) in [6, 6.07) is 21.0. The van der Waals surface area contributed by atoms with E-state index in [0.717, 1.165) is 36.0 Å². The number of piperidine rings is 1. The summed E-state index contributed by atoms with van der Waals surface area (Å²) in [4.78, 5) is 0. The van der Waals surface area contributed by atoms with E-state index in [1.54, 1.807) is 0 Å². The normalized spacial score (nSPS) is 21.2. The van der Waals surface area contributed by atoms with Gasteiger partial charge in [-0.3, -0.25) is 0 Å². The van der Waals surface area contributed by atoms with Crippen LogP contribution in [0.4, 0.5) is 0 Å². The Morgan fingerprint density at radius 2 is 1.40 bits per heavy atom. The molecule has 0 bridgehead atoms. The van der Waals surface area contributed by atoms with Crippen molar-refractivity contribution in [1.29, 1.82) is 0 Å². The highest BCUT2D eigenvalue weighted by Crippen LogP contribution is 2.39. The molecule has 0 aromatic heterocycles. The molecule has 0 spiro atoms. The molecule has 2 heteroatoms. The van der Waals surface area contributed by atoms with Gasteiger partial charge in [-0.2, -0.15) is 0 Å². The van der Waals surface area contributed by atoms with Gasteiger partial charge in [-0.25, -0.2) is 0 Å². The van der Waals surface area contributed by atoms with E-state index in [9.17, 15) is 5.11 Å². The van der Waals surface area contributed by atoms with Gasteiger partial charge in [0.05, 0.1) is 13.1 Å². The predicted octanol–water partition coefficient (Wildman–Crippen LogP) is 5.66. The Morgan fingerprint density at radius 3 is 2.07 bits per heavy atom. The van der Waals surface area contributed by atoms with Gasteiger partial charge in [-0.1, -0.05) is 85.8 Å². The van der Waals surface area contributed by atoms with Gasteiger partial charge in [-0.05, 0) is 43.6 Å². The molecule has 1 aliphatic carbocycles. The molecule has 1 saturated carbocycles. The first-order valence-corrected chi connectivity index (χ1v) is 11.9. The molecule has 1 heterocycles. The van der Waals surface area contributed by atoms with Gasteiger partial charge in [0.1, 0.15) is 13.1 Å². The standard InChI is InChI=1S/C28H36NO/c30-28(26-16-7-2-8-17-26,27-18-9-3-10-19-27)20-13-23-29(21-11-4-12-22-29)24-25-14-5-1-6-15-25/h1-2,5-8,14-17,27,30H,3-4,9-12,18-19,21-24H2/q+1/t28-/m0/s1. The number of hydrogen-bond donors (Lipinski definition) is 1. The third-order valence-electron chi connectivity index (χ3n) is 7.23. The Morgan fingerprint density at radius 1 is 0.800 bits per heavy atom. The minimum Gasteiger partial charge on any atom is -0.373 e. The van der Waals surface area contributed by atoms with Gasteiger partial charge in [0.2, 0.25) is 0 Å². The van der Waals surface area contributed by atoms with E-state index >= 15 is 0 Å². The van der Waals surface area contributed by atoms with Crippen molar-refractivity contribution in [3.8, 4) is 11.8 Å². The molecule has 2 nitrogen and oxygen atoms in total. The third kappa shape index (κ3) is 4.97. The first kappa shape index (κ1) is 21.2. The number of benzene rings is 2. The summed E-state index contributed by atoms with van der Waals surface area (Å²) in [5.74, 6) is 7.20. The summed E-state index contributed by atoms with van der Waals surface area (Å²) in [6.45, 7) is 4.26. The van der Waals surface area contributed by atoms with E-state index in [4.69, 9.17) is 0 Å². The summed E-state index contributed by atoms with van der Waals surface area (Å²) >= 11 is 0. The predicted molar refractivity (Wildman–Crippen MR) is 124 cm³/mol. The van der Waals surface area contributed by atoms with E-state index in [-0.39, 0.29) is 5.92 Å². The minimum absolute atomic E-state index is 0.241. The van der Waals surface area contributed by atoms with Crippen LogP contribution in [0.15, 0.2) is 60.7 Å². The Balaban J connectivity index is 1.59. The van der Waals surface area contributed by atoms with Crippen molar-refractivity contribution in [3.63, 3.8) is 0 Å². The zero-order valence-electron chi connectivity index (χ0n) is 18.2. The summed E-state index contributed by atoms with van der Waals surface area (Å²) in [5.41, 5.74) is 1.35. The smallest absolute Gasteiger partial charge is 0.153 e. The Bertz CT molecular complexity index is 838. The van der Waals surface area contributed by atoms with Crippen LogP contribution in [0.3, 0.4) is 0 Å². The molecule has 0 radical (unpaired) electrons. The first-order chi connectivity index (χ1) is 14.7. The number of aliphatic hydroxyl groups is 1. The lowest BCUT2D eigenvalue weighted by molar-refractivity contribution is -0.938. The van der Waals surface area contributed by atoms with E-state index in [2.05, 4.69) is 54.3 Å². The number of quaternary nitrogens is 1. The van der Waals surface area contributed by atoms with E-state index in [0.29, 0.717) is 0 Å². The topological polar surface area (TPSA) is 20.2 Å². The van der Waals surface area contributed by atoms with Crippen molar-refractivity contribution in [2.45, 2.75) is 63.5 Å². The van der Waals surface area contributed by atoms with Crippen molar-refractivity contribution in [2.75, 3.05) is 19.6 Å². The summed E-state index contributed by atoms with van der Waals surface area (Å²) in [5, 5.41) is 11.8. The van der Waals surface area contributed by atoms with Gasteiger partial charge in [0, 0.05) is 11.5 Å². The molecule has 4 rings (SSSR count). The highest BCUT2D eigenvalue weighted by atomic mass is 16.3. The van der Waals surface area contributed by atoms with E-state index in [1.807, 2.05) is 18.2 Å². The molecule has 1 atom stereocenters. The van der Waals surface area contributed by atoms with Crippen molar-refractivity contribution in [2.24, 2.45) is 5.92 Å². The Labute approximate surface area is 182 Å². The molecule has 30 heavy (non-hydrogen) atoms. The molecule has 158 valence electrons. The Hall–Kier alpha value is -2.08. The van der Waals surface area contributed by atoms with Crippen LogP contribution in [0.1, 0.15) is 62.5 Å². The number of likely N-dealkylation sites (tertiary alicyclic amines) is 1. The van der Waals surface area contributed by atoms with Gasteiger partial charge in [-0.15, -0.1) is 0 Å². The van der Waals surface area contributed by atoms with Gasteiger partial charge in [0.25, 0.3) is 0 Å². The average molecular weight is 403 g/mol. The molecule has 1 saturated heterocycles. The first-order valence-electron chi connectivity index (χ1n) is 11.9. The SMILES string of the molecule is O[C@@](C#CC[N+]1(Cc2ccccc2)CCCCC1)(c1ccccc1)C1CCCCC1. The molecular weight excluding hydrogens is 366 g/mol. The third-order valence-corrected chi connectivity index (χ3v) is 7.23. The monoisotopic (exact) mass is 402 g/mol. The van der Waals surface area contributed by atoms with Gasteiger partial charge < -0.3 is 9.59 Å². The maximum atomic E-state index is 11.8. The Kier molecular flexibility index (Phi) is 6.93. The molecule has 2 aromatic carbocycles. The summed E-state index contributed by atoms with van der Waals surface area (Å²) < 4.78 is 1.03. The maximum absolute atomic E-state index is 11.8. The lowest BCUT2D eigenvalue weighted by Crippen LogP contribution is -2.51. The molecule has 0 unspecified atom stereocenters. The fraction of sp³-hybridized carbons (Fsp3) is 0.500. The van der Waals surface area contributed by atoms with Crippen LogP contribution in [-0.4, -0.2) is 29.2 Å². The quantitative estimate of drug-likeness (QED) is 0.505. The van der Waals surface area contributed by atoms with Crippen molar-refractivity contribution >= 4 is 0 Å². The summed E-state index contributed by atoms with van der Waals surface area (Å²) in [7, 11) is 0. The van der Waals surface area contributed by atoms with Crippen molar-refractivity contribution in [1.82, 2.24) is 0 Å². The van der Waals surface area contributed by atoms with Crippen molar-refractivity contribution in [3.05, 3.63) is 71.8 Å². The van der Waals surface area contributed by atoms with E-state index < -0.39 is 5.60 Å². The molecule has 0 amide bonds. The number of nitrogens with zero attached hydrogens (tertiary/aromatic N) is 1. The van der Waals surface area contributed by atoms with Gasteiger partial charge >= 0.3 is 0 Å². The largest absolute Gasteiger partial charge is 0.373 e. The number of rotatable bonds is 5. The molecule has 2 aliphatic rings. The van der Waals surface area contributed by atoms with Crippen molar-refractivity contribution < 1.29 is 9.59 Å². The molecular formula is C28H36NO+. The van der Waals surface area contributed by atoms with Crippen LogP contribution in [0.2, 0.25) is 0 Å². The highest BCUT2D eigenvalue weighted by Gasteiger charge is 2.38. The molecule has 2 aromatic rings. The highest BCUT2D eigenvalue weighted by molar-refractivity contribution is 5.33. The fourth-order valence-electron chi connectivity index (χ4n) is 5.49. The molecule has 1 N–H and O–H groups in total. The lowest BCUT2D eigenvalue weighted by atomic mass is 9.73. The lowest BCUT2D eigenvalue weighted by Gasteiger charge is -2.40. The zero-order valence-corrected chi connectivity index (χ0v) is 18.2. The van der Waals surface area contributed by atoms with Crippen LogP contribution in [0.25, 0.3) is 0 Å². The number of hydrogen-bond acceptors (Lipinski definition) is 1. The zero-order chi connectivity index (χ0) is 20.7. The fourth-order valence-corrected chi connectivity index (χ4v) is 5.49. The second kappa shape index (κ2) is 9.82. The summed E-state index contributed by atoms with van der Waals surface area (Å²) in [6.07, 6.45) is 9.73. The maximum Gasteiger partial charge on any atom is 0.153 e. The van der Waals surface area contributed by atoms with Crippen LogP contribution in [0.5, 0.6) is 0 Å². The molecule has 2 fully saturated rings. The van der Waals surface area contributed by atoms with Crippen LogP contribution < -0.4 is 0 Å². The second-order valence-corrected chi connectivity index (χ2v) is 9.42. The van der Waals surface area contributed by atoms with Crippen LogP contribution in [0, 0.1) is 17.8 Å². The molecule has 1 aliphatic heterocycles. The van der Waals surface area contributed by atoms with Crippen LogP contribution in [-0.2, 0) is 12.1 Å². The second-order valence-electron chi connectivity index (χ2n) is 9.42. The van der Waals surface area contributed by atoms with Gasteiger partial charge in [0.15, 0.2) is 5.60 Å². The average Bonchev–Trinajstić information content (AvgIpc) is 2.81. The van der Waals surface area contributed by atoms with Crippen LogP contribution >= 0.6 is 0 Å². The van der Waals surface area contributed by atoms with E-state index in [1.165, 1.54) is 57.2 Å².